The highest BCUT2D eigenvalue weighted by Gasteiger charge is 2.06. The number of amides is 1. The van der Waals surface area contributed by atoms with E-state index in [-0.39, 0.29) is 12.5 Å². The van der Waals surface area contributed by atoms with Gasteiger partial charge in [-0.25, -0.2) is 0 Å². The lowest BCUT2D eigenvalue weighted by molar-refractivity contribution is -0.123. The summed E-state index contributed by atoms with van der Waals surface area (Å²) < 4.78 is 10.8. The fourth-order valence-corrected chi connectivity index (χ4v) is 1.61. The van der Waals surface area contributed by atoms with Crippen LogP contribution in [0.4, 0.5) is 0 Å². The van der Waals surface area contributed by atoms with E-state index in [1.165, 1.54) is 0 Å². The second-order valence-electron chi connectivity index (χ2n) is 3.43. The number of benzene rings is 1. The van der Waals surface area contributed by atoms with Gasteiger partial charge in [-0.2, -0.15) is 0 Å². The van der Waals surface area contributed by atoms with E-state index < -0.39 is 0 Å². The molecule has 0 saturated carbocycles. The summed E-state index contributed by atoms with van der Waals surface area (Å²) in [5.41, 5.74) is 0.397. The van der Waals surface area contributed by atoms with Gasteiger partial charge in [-0.15, -0.1) is 0 Å². The zero-order valence-corrected chi connectivity index (χ0v) is 11.5. The van der Waals surface area contributed by atoms with Crippen molar-refractivity contribution in [3.63, 3.8) is 0 Å². The predicted molar refractivity (Wildman–Crippen MR) is 69.9 cm³/mol. The van der Waals surface area contributed by atoms with Crippen LogP contribution in [0.15, 0.2) is 22.7 Å². The fraction of sp³-hybridized carbons (Fsp3) is 0.333. The number of ether oxygens (including phenoxy) is 2. The van der Waals surface area contributed by atoms with Gasteiger partial charge in [0.15, 0.2) is 12.9 Å². The molecule has 1 amide bonds. The van der Waals surface area contributed by atoms with Gasteiger partial charge >= 0.3 is 0 Å². The minimum absolute atomic E-state index is 0.133. The summed E-state index contributed by atoms with van der Waals surface area (Å²) in [6.07, 6.45) is 0.683. The number of methoxy groups -OCH3 is 1. The zero-order chi connectivity index (χ0) is 13.4. The van der Waals surface area contributed by atoms with Crippen LogP contribution in [0.3, 0.4) is 0 Å². The highest BCUT2D eigenvalue weighted by atomic mass is 79.9. The van der Waals surface area contributed by atoms with E-state index in [0.717, 1.165) is 4.47 Å². The first-order valence-corrected chi connectivity index (χ1v) is 6.10. The molecule has 0 fully saturated rings. The zero-order valence-electron chi connectivity index (χ0n) is 9.94. The van der Waals surface area contributed by atoms with Gasteiger partial charge in [0.1, 0.15) is 5.75 Å². The van der Waals surface area contributed by atoms with Gasteiger partial charge in [0.25, 0.3) is 5.91 Å². The summed E-state index contributed by atoms with van der Waals surface area (Å²) in [6.45, 7) is 0.745. The molecule has 0 heterocycles. The Balaban J connectivity index is 2.48. The number of carbonyl (C=O) groups excluding carboxylic acids is 2. The smallest absolute Gasteiger partial charge is 0.258 e. The molecule has 0 aliphatic rings. The SMILES string of the molecule is COCCNC(=O)COc1ccc(Br)cc1C=O. The summed E-state index contributed by atoms with van der Waals surface area (Å²) in [5.74, 6) is 0.127. The molecule has 0 spiro atoms. The van der Waals surface area contributed by atoms with E-state index in [2.05, 4.69) is 21.2 Å². The van der Waals surface area contributed by atoms with Crippen LogP contribution in [0.1, 0.15) is 10.4 Å². The minimum Gasteiger partial charge on any atom is -0.483 e. The Morgan fingerprint density at radius 1 is 1.50 bits per heavy atom. The number of halogens is 1. The highest BCUT2D eigenvalue weighted by Crippen LogP contribution is 2.21. The lowest BCUT2D eigenvalue weighted by Crippen LogP contribution is -2.31. The summed E-state index contributed by atoms with van der Waals surface area (Å²) in [6, 6.07) is 5.01. The van der Waals surface area contributed by atoms with Crippen LogP contribution < -0.4 is 10.1 Å². The topological polar surface area (TPSA) is 64.6 Å². The fourth-order valence-electron chi connectivity index (χ4n) is 1.23. The molecule has 0 bridgehead atoms. The molecular formula is C12H14BrNO4. The quantitative estimate of drug-likeness (QED) is 0.610. The molecule has 0 saturated heterocycles. The second-order valence-corrected chi connectivity index (χ2v) is 4.35. The average Bonchev–Trinajstić information content (AvgIpc) is 2.37. The van der Waals surface area contributed by atoms with Crippen LogP contribution >= 0.6 is 15.9 Å². The molecule has 1 rings (SSSR count). The third-order valence-electron chi connectivity index (χ3n) is 2.09. The molecule has 1 N–H and O–H groups in total. The summed E-state index contributed by atoms with van der Waals surface area (Å²) in [7, 11) is 1.56. The van der Waals surface area contributed by atoms with E-state index in [1.54, 1.807) is 25.3 Å². The Bertz CT molecular complexity index is 423. The van der Waals surface area contributed by atoms with Crippen LogP contribution in [0, 0.1) is 0 Å². The van der Waals surface area contributed by atoms with Crippen LogP contribution in [0.25, 0.3) is 0 Å². The number of nitrogens with one attached hydrogen (secondary N) is 1. The first-order valence-electron chi connectivity index (χ1n) is 5.30. The number of carbonyl (C=O) groups is 2. The molecule has 0 radical (unpaired) electrons. The average molecular weight is 316 g/mol. The molecule has 18 heavy (non-hydrogen) atoms. The number of aldehydes is 1. The Labute approximate surface area is 114 Å². The molecule has 6 heteroatoms. The normalized spacial score (nSPS) is 9.89. The van der Waals surface area contributed by atoms with Crippen molar-refractivity contribution in [2.75, 3.05) is 26.9 Å². The van der Waals surface area contributed by atoms with E-state index in [9.17, 15) is 9.59 Å². The summed E-state index contributed by atoms with van der Waals surface area (Å²) in [4.78, 5) is 22.2. The highest BCUT2D eigenvalue weighted by molar-refractivity contribution is 9.10. The van der Waals surface area contributed by atoms with Crippen LogP contribution in [-0.2, 0) is 9.53 Å². The third-order valence-corrected chi connectivity index (χ3v) is 2.58. The van der Waals surface area contributed by atoms with Gasteiger partial charge < -0.3 is 14.8 Å². The molecule has 5 nitrogen and oxygen atoms in total. The lowest BCUT2D eigenvalue weighted by atomic mass is 10.2. The van der Waals surface area contributed by atoms with Gasteiger partial charge in [-0.1, -0.05) is 15.9 Å². The van der Waals surface area contributed by atoms with Gasteiger partial charge in [-0.05, 0) is 18.2 Å². The van der Waals surface area contributed by atoms with E-state index in [1.807, 2.05) is 0 Å². The van der Waals surface area contributed by atoms with Crippen LogP contribution in [0.5, 0.6) is 5.75 Å². The monoisotopic (exact) mass is 315 g/mol. The molecule has 0 atom stereocenters. The Kier molecular flexibility index (Phi) is 6.38. The van der Waals surface area contributed by atoms with Crippen molar-refractivity contribution in [3.8, 4) is 5.75 Å². The van der Waals surface area contributed by atoms with Crippen molar-refractivity contribution in [2.45, 2.75) is 0 Å². The molecule has 0 aromatic heterocycles. The Hall–Kier alpha value is -1.40. The lowest BCUT2D eigenvalue weighted by Gasteiger charge is -2.09. The largest absolute Gasteiger partial charge is 0.483 e. The molecular weight excluding hydrogens is 302 g/mol. The minimum atomic E-state index is -0.258. The van der Waals surface area contributed by atoms with Crippen molar-refractivity contribution >= 4 is 28.1 Å². The van der Waals surface area contributed by atoms with Gasteiger partial charge in [0.05, 0.1) is 12.2 Å². The standard InChI is InChI=1S/C12H14BrNO4/c1-17-5-4-14-12(16)8-18-11-3-2-10(13)6-9(11)7-15/h2-3,6-7H,4-5,8H2,1H3,(H,14,16). The maximum Gasteiger partial charge on any atom is 0.258 e. The summed E-state index contributed by atoms with van der Waals surface area (Å²) >= 11 is 3.25. The maximum absolute atomic E-state index is 11.4. The Morgan fingerprint density at radius 2 is 2.28 bits per heavy atom. The number of hydrogen-bond donors (Lipinski definition) is 1. The molecule has 0 unspecified atom stereocenters. The molecule has 0 aliphatic heterocycles. The van der Waals surface area contributed by atoms with Crippen LogP contribution in [0.2, 0.25) is 0 Å². The maximum atomic E-state index is 11.4. The Morgan fingerprint density at radius 3 is 2.94 bits per heavy atom. The van der Waals surface area contributed by atoms with E-state index in [0.29, 0.717) is 30.8 Å². The van der Waals surface area contributed by atoms with Crippen molar-refractivity contribution in [2.24, 2.45) is 0 Å². The molecule has 0 aliphatic carbocycles. The first-order chi connectivity index (χ1) is 8.67. The summed E-state index contributed by atoms with van der Waals surface area (Å²) in [5, 5.41) is 2.62. The second kappa shape index (κ2) is 7.84. The predicted octanol–water partition coefficient (Wildman–Crippen LogP) is 1.40. The van der Waals surface area contributed by atoms with Crippen molar-refractivity contribution in [3.05, 3.63) is 28.2 Å². The van der Waals surface area contributed by atoms with Gasteiger partial charge in [-0.3, -0.25) is 9.59 Å². The number of hydrogen-bond acceptors (Lipinski definition) is 4. The molecule has 1 aromatic carbocycles. The number of rotatable bonds is 7. The molecule has 1 aromatic rings. The first kappa shape index (κ1) is 14.7. The van der Waals surface area contributed by atoms with E-state index in [4.69, 9.17) is 9.47 Å². The van der Waals surface area contributed by atoms with Crippen molar-refractivity contribution < 1.29 is 19.1 Å². The van der Waals surface area contributed by atoms with Crippen molar-refractivity contribution in [1.82, 2.24) is 5.32 Å². The van der Waals surface area contributed by atoms with Crippen LogP contribution in [-0.4, -0.2) is 39.1 Å². The molecule has 98 valence electrons. The van der Waals surface area contributed by atoms with Gasteiger partial charge in [0.2, 0.25) is 0 Å². The van der Waals surface area contributed by atoms with Crippen molar-refractivity contribution in [1.29, 1.82) is 0 Å². The van der Waals surface area contributed by atoms with E-state index >= 15 is 0 Å². The third kappa shape index (κ3) is 4.85. The van der Waals surface area contributed by atoms with Gasteiger partial charge in [0, 0.05) is 18.1 Å².